The van der Waals surface area contributed by atoms with E-state index in [0.29, 0.717) is 5.69 Å². The van der Waals surface area contributed by atoms with Crippen molar-refractivity contribution in [2.24, 2.45) is 0 Å². The molecule has 1 heterocycles. The fourth-order valence-electron chi connectivity index (χ4n) is 1.67. The molecule has 0 saturated carbocycles. The number of rotatable bonds is 4. The van der Waals surface area contributed by atoms with Gasteiger partial charge in [-0.2, -0.15) is 0 Å². The number of aromatic nitrogens is 1. The van der Waals surface area contributed by atoms with Crippen LogP contribution >= 0.6 is 0 Å². The summed E-state index contributed by atoms with van der Waals surface area (Å²) in [5, 5.41) is 0. The van der Waals surface area contributed by atoms with Gasteiger partial charge in [-0.15, -0.1) is 0 Å². The molecule has 0 radical (unpaired) electrons. The molecule has 6 heteroatoms. The van der Waals surface area contributed by atoms with E-state index < -0.39 is 5.97 Å². The van der Waals surface area contributed by atoms with Crippen molar-refractivity contribution in [3.63, 3.8) is 0 Å². The summed E-state index contributed by atoms with van der Waals surface area (Å²) in [6.07, 6.45) is 0. The molecule has 0 saturated heterocycles. The van der Waals surface area contributed by atoms with E-state index in [1.165, 1.54) is 4.90 Å². The minimum Gasteiger partial charge on any atom is -0.454 e. The number of esters is 1. The Morgan fingerprint density at radius 1 is 1.24 bits per heavy atom. The highest BCUT2D eigenvalue weighted by Crippen LogP contribution is 2.13. The first-order valence-corrected chi connectivity index (χ1v) is 6.39. The fraction of sp³-hybridized carbons (Fsp3) is 0.267. The second-order valence-corrected chi connectivity index (χ2v) is 4.69. The summed E-state index contributed by atoms with van der Waals surface area (Å²) in [5.74, 6) is -1.21. The summed E-state index contributed by atoms with van der Waals surface area (Å²) in [7, 11) is 3.19. The van der Waals surface area contributed by atoms with Crippen LogP contribution in [0.5, 0.6) is 0 Å². The number of oxazole rings is 1. The van der Waals surface area contributed by atoms with Gasteiger partial charge < -0.3 is 14.1 Å². The predicted octanol–water partition coefficient (Wildman–Crippen LogP) is 2.04. The summed E-state index contributed by atoms with van der Waals surface area (Å²) >= 11 is 0. The number of amides is 1. The lowest BCUT2D eigenvalue weighted by atomic mass is 10.2. The number of benzene rings is 1. The molecule has 0 aliphatic rings. The summed E-state index contributed by atoms with van der Waals surface area (Å²) in [4.78, 5) is 29.0. The highest BCUT2D eigenvalue weighted by Gasteiger charge is 2.23. The van der Waals surface area contributed by atoms with Gasteiger partial charge in [0, 0.05) is 14.1 Å². The van der Waals surface area contributed by atoms with Gasteiger partial charge in [-0.3, -0.25) is 4.79 Å². The highest BCUT2D eigenvalue weighted by molar-refractivity contribution is 5.93. The molecule has 0 aliphatic heterocycles. The molecule has 21 heavy (non-hydrogen) atoms. The van der Waals surface area contributed by atoms with Crippen LogP contribution in [0.15, 0.2) is 34.7 Å². The number of nitrogens with zero attached hydrogens (tertiary/aromatic N) is 2. The first-order chi connectivity index (χ1) is 9.99. The van der Waals surface area contributed by atoms with Crippen LogP contribution in [0.25, 0.3) is 0 Å². The zero-order valence-corrected chi connectivity index (χ0v) is 12.1. The van der Waals surface area contributed by atoms with Crippen LogP contribution in [0.4, 0.5) is 0 Å². The van der Waals surface area contributed by atoms with E-state index >= 15 is 0 Å². The Bertz CT molecular complexity index is 647. The fourth-order valence-corrected chi connectivity index (χ4v) is 1.67. The zero-order chi connectivity index (χ0) is 15.4. The summed E-state index contributed by atoms with van der Waals surface area (Å²) in [5.41, 5.74) is 1.22. The Balaban J connectivity index is 2.07. The minimum atomic E-state index is -0.695. The van der Waals surface area contributed by atoms with Gasteiger partial charge in [-0.1, -0.05) is 30.3 Å². The van der Waals surface area contributed by atoms with Crippen molar-refractivity contribution < 1.29 is 18.7 Å². The van der Waals surface area contributed by atoms with Crippen molar-refractivity contribution in [2.45, 2.75) is 13.5 Å². The van der Waals surface area contributed by atoms with Crippen LogP contribution in [0, 0.1) is 6.92 Å². The maximum atomic E-state index is 11.9. The van der Waals surface area contributed by atoms with Crippen molar-refractivity contribution in [1.29, 1.82) is 0 Å². The Hall–Kier alpha value is -2.63. The molecular formula is C15H16N2O4. The zero-order valence-electron chi connectivity index (χ0n) is 12.1. The Morgan fingerprint density at radius 2 is 1.90 bits per heavy atom. The molecule has 2 aromatic rings. The lowest BCUT2D eigenvalue weighted by Gasteiger charge is -2.07. The SMILES string of the molecule is Cc1nc(C(=O)OCc2ccccc2)oc1C(=O)N(C)C. The van der Waals surface area contributed by atoms with Crippen LogP contribution in [0.1, 0.15) is 32.5 Å². The maximum absolute atomic E-state index is 11.9. The molecular weight excluding hydrogens is 272 g/mol. The lowest BCUT2D eigenvalue weighted by molar-refractivity contribution is 0.0424. The largest absolute Gasteiger partial charge is 0.454 e. The van der Waals surface area contributed by atoms with Crippen LogP contribution in [0.2, 0.25) is 0 Å². The molecule has 0 bridgehead atoms. The molecule has 0 N–H and O–H groups in total. The second kappa shape index (κ2) is 6.21. The molecule has 1 aromatic carbocycles. The van der Waals surface area contributed by atoms with E-state index in [1.54, 1.807) is 21.0 Å². The van der Waals surface area contributed by atoms with Crippen LogP contribution < -0.4 is 0 Å². The third kappa shape index (κ3) is 3.47. The van der Waals surface area contributed by atoms with Crippen molar-refractivity contribution >= 4 is 11.9 Å². The molecule has 0 atom stereocenters. The Kier molecular flexibility index (Phi) is 4.37. The number of hydrogen-bond acceptors (Lipinski definition) is 5. The maximum Gasteiger partial charge on any atom is 0.395 e. The Morgan fingerprint density at radius 3 is 2.52 bits per heavy atom. The van der Waals surface area contributed by atoms with Crippen LogP contribution in [-0.2, 0) is 11.3 Å². The number of ether oxygens (including phenoxy) is 1. The van der Waals surface area contributed by atoms with Crippen LogP contribution in [0.3, 0.4) is 0 Å². The third-order valence-electron chi connectivity index (χ3n) is 2.78. The van der Waals surface area contributed by atoms with Gasteiger partial charge in [0.2, 0.25) is 5.76 Å². The van der Waals surface area contributed by atoms with Gasteiger partial charge in [-0.25, -0.2) is 9.78 Å². The summed E-state index contributed by atoms with van der Waals surface area (Å²) in [6.45, 7) is 1.73. The van der Waals surface area contributed by atoms with Crippen LogP contribution in [-0.4, -0.2) is 35.9 Å². The van der Waals surface area contributed by atoms with E-state index in [2.05, 4.69) is 4.98 Å². The highest BCUT2D eigenvalue weighted by atomic mass is 16.5. The number of carbonyl (C=O) groups excluding carboxylic acids is 2. The molecule has 1 aromatic heterocycles. The Labute approximate surface area is 122 Å². The second-order valence-electron chi connectivity index (χ2n) is 4.69. The van der Waals surface area contributed by atoms with Gasteiger partial charge in [0.25, 0.3) is 5.91 Å². The predicted molar refractivity (Wildman–Crippen MR) is 74.8 cm³/mol. The van der Waals surface area contributed by atoms with E-state index in [4.69, 9.17) is 9.15 Å². The average molecular weight is 288 g/mol. The summed E-state index contributed by atoms with van der Waals surface area (Å²) in [6, 6.07) is 9.27. The van der Waals surface area contributed by atoms with Crippen molar-refractivity contribution in [3.05, 3.63) is 53.2 Å². The van der Waals surface area contributed by atoms with E-state index in [0.717, 1.165) is 5.56 Å². The smallest absolute Gasteiger partial charge is 0.395 e. The molecule has 110 valence electrons. The molecule has 6 nitrogen and oxygen atoms in total. The molecule has 2 rings (SSSR count). The van der Waals surface area contributed by atoms with Gasteiger partial charge >= 0.3 is 11.9 Å². The topological polar surface area (TPSA) is 72.6 Å². The molecule has 0 aliphatic carbocycles. The van der Waals surface area contributed by atoms with E-state index in [9.17, 15) is 9.59 Å². The number of aryl methyl sites for hydroxylation is 1. The van der Waals surface area contributed by atoms with Crippen molar-refractivity contribution in [1.82, 2.24) is 9.88 Å². The van der Waals surface area contributed by atoms with E-state index in [1.807, 2.05) is 30.3 Å². The first-order valence-electron chi connectivity index (χ1n) is 6.39. The standard InChI is InChI=1S/C15H16N2O4/c1-10-12(14(18)17(2)3)21-13(16-10)15(19)20-9-11-7-5-4-6-8-11/h4-8H,9H2,1-3H3. The van der Waals surface area contributed by atoms with Crippen molar-refractivity contribution in [2.75, 3.05) is 14.1 Å². The monoisotopic (exact) mass is 288 g/mol. The first kappa shape index (κ1) is 14.8. The van der Waals surface area contributed by atoms with Gasteiger partial charge in [-0.05, 0) is 12.5 Å². The minimum absolute atomic E-state index is 0.0478. The quantitative estimate of drug-likeness (QED) is 0.805. The lowest BCUT2D eigenvalue weighted by Crippen LogP contribution is -2.21. The average Bonchev–Trinajstić information content (AvgIpc) is 2.87. The summed E-state index contributed by atoms with van der Waals surface area (Å²) < 4.78 is 10.3. The van der Waals surface area contributed by atoms with Gasteiger partial charge in [0.15, 0.2) is 0 Å². The van der Waals surface area contributed by atoms with Crippen molar-refractivity contribution in [3.8, 4) is 0 Å². The van der Waals surface area contributed by atoms with E-state index in [-0.39, 0.29) is 24.2 Å². The van der Waals surface area contributed by atoms with Gasteiger partial charge in [0.1, 0.15) is 6.61 Å². The third-order valence-corrected chi connectivity index (χ3v) is 2.78. The van der Waals surface area contributed by atoms with Gasteiger partial charge in [0.05, 0.1) is 5.69 Å². The molecule has 0 unspecified atom stereocenters. The number of carbonyl (C=O) groups is 2. The normalized spacial score (nSPS) is 10.2. The molecule has 1 amide bonds. The molecule has 0 fully saturated rings. The number of hydrogen-bond donors (Lipinski definition) is 0. The molecule has 0 spiro atoms.